The van der Waals surface area contributed by atoms with Crippen molar-refractivity contribution in [2.45, 2.75) is 25.4 Å². The molecule has 1 N–H and O–H groups in total. The van der Waals surface area contributed by atoms with Gasteiger partial charge in [0.05, 0.1) is 0 Å². The molecule has 0 atom stereocenters. The van der Waals surface area contributed by atoms with Crippen molar-refractivity contribution >= 4 is 46.4 Å². The number of rotatable bonds is 6. The van der Waals surface area contributed by atoms with E-state index in [2.05, 4.69) is 12.2 Å². The molecule has 0 heterocycles. The molecule has 1 aromatic carbocycles. The van der Waals surface area contributed by atoms with Crippen LogP contribution in [0.5, 0.6) is 0 Å². The maximum Gasteiger partial charge on any atom is 0.0465 e. The molecule has 0 saturated heterocycles. The zero-order chi connectivity index (χ0) is 12.9. The summed E-state index contributed by atoms with van der Waals surface area (Å²) in [6.45, 7) is 2.69. The molecule has 0 radical (unpaired) electrons. The summed E-state index contributed by atoms with van der Waals surface area (Å²) >= 11 is 23.8. The number of nitrogens with one attached hydrogen (secondary N) is 1. The number of hydrogen-bond donors (Lipinski definition) is 1. The van der Waals surface area contributed by atoms with Crippen molar-refractivity contribution in [3.63, 3.8) is 0 Å². The van der Waals surface area contributed by atoms with E-state index in [0.29, 0.717) is 28.4 Å². The van der Waals surface area contributed by atoms with E-state index in [4.69, 9.17) is 46.4 Å². The Morgan fingerprint density at radius 1 is 1.18 bits per heavy atom. The first-order chi connectivity index (χ1) is 8.06. The second-order valence-electron chi connectivity index (χ2n) is 3.99. The largest absolute Gasteiger partial charge is 0.305 e. The van der Waals surface area contributed by atoms with Crippen LogP contribution in [0.2, 0.25) is 10.0 Å². The minimum Gasteiger partial charge on any atom is -0.305 e. The van der Waals surface area contributed by atoms with Gasteiger partial charge in [0.25, 0.3) is 0 Å². The van der Waals surface area contributed by atoms with Gasteiger partial charge in [-0.1, -0.05) is 36.2 Å². The van der Waals surface area contributed by atoms with E-state index in [1.807, 2.05) is 12.1 Å². The normalized spacial score (nSPS) is 11.8. The van der Waals surface area contributed by atoms with Crippen LogP contribution < -0.4 is 5.32 Å². The van der Waals surface area contributed by atoms with Crippen LogP contribution in [-0.2, 0) is 6.54 Å². The van der Waals surface area contributed by atoms with E-state index in [-0.39, 0.29) is 5.54 Å². The predicted octanol–water partition coefficient (Wildman–Crippen LogP) is 4.71. The fourth-order valence-electron chi connectivity index (χ4n) is 1.39. The highest BCUT2D eigenvalue weighted by molar-refractivity contribution is 6.35. The molecule has 5 heteroatoms. The van der Waals surface area contributed by atoms with Gasteiger partial charge in [-0.15, -0.1) is 23.2 Å². The molecule has 1 nitrogen and oxygen atoms in total. The van der Waals surface area contributed by atoms with Gasteiger partial charge in [0.2, 0.25) is 0 Å². The highest BCUT2D eigenvalue weighted by Crippen LogP contribution is 2.22. The summed E-state index contributed by atoms with van der Waals surface area (Å²) in [5.41, 5.74) is 0.746. The monoisotopic (exact) mass is 313 g/mol. The molecule has 0 amide bonds. The standard InChI is InChI=1S/C12H15Cl4N/c1-2-12(7-13,8-14)17-6-9-3-4-10(15)5-11(9)16/h3-5,17H,2,6-8H2,1H3. The SMILES string of the molecule is CCC(CCl)(CCl)NCc1ccc(Cl)cc1Cl. The second-order valence-corrected chi connectivity index (χ2v) is 5.37. The minimum absolute atomic E-state index is 0.244. The Bertz CT molecular complexity index is 355. The molecule has 96 valence electrons. The smallest absolute Gasteiger partial charge is 0.0465 e. The fourth-order valence-corrected chi connectivity index (χ4v) is 2.72. The Balaban J connectivity index is 2.72. The van der Waals surface area contributed by atoms with Crippen LogP contribution >= 0.6 is 46.4 Å². The predicted molar refractivity (Wildman–Crippen MR) is 77.8 cm³/mol. The number of halogens is 4. The van der Waals surface area contributed by atoms with Crippen LogP contribution in [0.4, 0.5) is 0 Å². The molecule has 0 saturated carbocycles. The van der Waals surface area contributed by atoms with Crippen LogP contribution in [0.3, 0.4) is 0 Å². The summed E-state index contributed by atoms with van der Waals surface area (Å²) in [6, 6.07) is 5.45. The molecular formula is C12H15Cl4N. The first kappa shape index (κ1) is 15.4. The van der Waals surface area contributed by atoms with Crippen molar-refractivity contribution in [3.05, 3.63) is 33.8 Å². The molecule has 0 aliphatic carbocycles. The third kappa shape index (κ3) is 4.18. The number of hydrogen-bond acceptors (Lipinski definition) is 1. The van der Waals surface area contributed by atoms with Crippen molar-refractivity contribution in [1.82, 2.24) is 5.32 Å². The average Bonchev–Trinajstić information content (AvgIpc) is 2.33. The van der Waals surface area contributed by atoms with Crippen molar-refractivity contribution in [2.75, 3.05) is 11.8 Å². The van der Waals surface area contributed by atoms with Gasteiger partial charge >= 0.3 is 0 Å². The van der Waals surface area contributed by atoms with Crippen molar-refractivity contribution in [1.29, 1.82) is 0 Å². The van der Waals surface area contributed by atoms with Gasteiger partial charge in [-0.3, -0.25) is 0 Å². The summed E-state index contributed by atoms with van der Waals surface area (Å²) in [6.07, 6.45) is 0.866. The van der Waals surface area contributed by atoms with Gasteiger partial charge in [0.15, 0.2) is 0 Å². The Labute approximate surface area is 122 Å². The molecule has 0 spiro atoms. The van der Waals surface area contributed by atoms with E-state index in [9.17, 15) is 0 Å². The maximum atomic E-state index is 6.10. The highest BCUT2D eigenvalue weighted by atomic mass is 35.5. The lowest BCUT2D eigenvalue weighted by molar-refractivity contribution is 0.385. The van der Waals surface area contributed by atoms with E-state index in [0.717, 1.165) is 12.0 Å². The summed E-state index contributed by atoms with van der Waals surface area (Å²) in [5.74, 6) is 0.941. The quantitative estimate of drug-likeness (QED) is 0.750. The summed E-state index contributed by atoms with van der Waals surface area (Å²) in [5, 5.41) is 4.65. The molecule has 0 aromatic heterocycles. The van der Waals surface area contributed by atoms with E-state index in [1.54, 1.807) is 6.07 Å². The van der Waals surface area contributed by atoms with Crippen molar-refractivity contribution in [2.24, 2.45) is 0 Å². The fraction of sp³-hybridized carbons (Fsp3) is 0.500. The Morgan fingerprint density at radius 2 is 1.82 bits per heavy atom. The maximum absolute atomic E-state index is 6.10. The molecule has 1 rings (SSSR count). The molecule has 0 unspecified atom stereocenters. The van der Waals surface area contributed by atoms with Crippen LogP contribution in [0.25, 0.3) is 0 Å². The van der Waals surface area contributed by atoms with Gasteiger partial charge in [-0.05, 0) is 24.1 Å². The van der Waals surface area contributed by atoms with Crippen LogP contribution in [-0.4, -0.2) is 17.3 Å². The second kappa shape index (κ2) is 7.06. The lowest BCUT2D eigenvalue weighted by atomic mass is 10.0. The highest BCUT2D eigenvalue weighted by Gasteiger charge is 2.25. The third-order valence-electron chi connectivity index (χ3n) is 2.86. The Morgan fingerprint density at radius 3 is 2.29 bits per heavy atom. The first-order valence-corrected chi connectivity index (χ1v) is 7.20. The Kier molecular flexibility index (Phi) is 6.39. The third-order valence-corrected chi connectivity index (χ3v) is 4.47. The number of benzene rings is 1. The zero-order valence-corrected chi connectivity index (χ0v) is 12.6. The molecule has 1 aromatic rings. The summed E-state index contributed by atoms with van der Waals surface area (Å²) < 4.78 is 0. The molecule has 0 bridgehead atoms. The minimum atomic E-state index is -0.244. The van der Waals surface area contributed by atoms with Gasteiger partial charge in [-0.2, -0.15) is 0 Å². The molecular weight excluding hydrogens is 300 g/mol. The lowest BCUT2D eigenvalue weighted by Gasteiger charge is -2.30. The van der Waals surface area contributed by atoms with Gasteiger partial charge in [-0.25, -0.2) is 0 Å². The average molecular weight is 315 g/mol. The lowest BCUT2D eigenvalue weighted by Crippen LogP contribution is -2.47. The summed E-state index contributed by atoms with van der Waals surface area (Å²) in [4.78, 5) is 0. The zero-order valence-electron chi connectivity index (χ0n) is 9.57. The molecule has 0 aliphatic heterocycles. The molecule has 0 fully saturated rings. The topological polar surface area (TPSA) is 12.0 Å². The van der Waals surface area contributed by atoms with Gasteiger partial charge in [0, 0.05) is 33.9 Å². The molecule has 17 heavy (non-hydrogen) atoms. The van der Waals surface area contributed by atoms with Crippen molar-refractivity contribution in [3.8, 4) is 0 Å². The van der Waals surface area contributed by atoms with Crippen LogP contribution in [0, 0.1) is 0 Å². The van der Waals surface area contributed by atoms with Gasteiger partial charge in [0.1, 0.15) is 0 Å². The number of alkyl halides is 2. The van der Waals surface area contributed by atoms with E-state index >= 15 is 0 Å². The van der Waals surface area contributed by atoms with Crippen LogP contribution in [0.15, 0.2) is 18.2 Å². The van der Waals surface area contributed by atoms with E-state index < -0.39 is 0 Å². The Hall–Kier alpha value is 0.340. The van der Waals surface area contributed by atoms with Crippen LogP contribution in [0.1, 0.15) is 18.9 Å². The van der Waals surface area contributed by atoms with Gasteiger partial charge < -0.3 is 5.32 Å². The summed E-state index contributed by atoms with van der Waals surface area (Å²) in [7, 11) is 0. The molecule has 0 aliphatic rings. The van der Waals surface area contributed by atoms with E-state index in [1.165, 1.54) is 0 Å². The van der Waals surface area contributed by atoms with Crippen molar-refractivity contribution < 1.29 is 0 Å². The first-order valence-electron chi connectivity index (χ1n) is 5.38.